The van der Waals surface area contributed by atoms with Crippen molar-refractivity contribution >= 4 is 0 Å². The van der Waals surface area contributed by atoms with E-state index < -0.39 is 0 Å². The molecule has 0 saturated carbocycles. The Bertz CT molecular complexity index is 911. The Kier molecular flexibility index (Phi) is 5.59. The second-order valence-corrected chi connectivity index (χ2v) is 6.28. The fourth-order valence-electron chi connectivity index (χ4n) is 2.64. The maximum absolute atomic E-state index is 4.37. The van der Waals surface area contributed by atoms with Crippen molar-refractivity contribution in [2.24, 2.45) is 0 Å². The van der Waals surface area contributed by atoms with Crippen LogP contribution in [0.1, 0.15) is 17.0 Å². The highest BCUT2D eigenvalue weighted by atomic mass is 14.9. The average Bonchev–Trinajstić information content (AvgIpc) is 3.18. The van der Waals surface area contributed by atoms with Gasteiger partial charge in [-0.3, -0.25) is 0 Å². The lowest BCUT2D eigenvalue weighted by atomic mass is 10.1. The first kappa shape index (κ1) is 17.6. The van der Waals surface area contributed by atoms with Crippen LogP contribution in [-0.4, -0.2) is 14.5 Å². The Balaban J connectivity index is 0.000000152. The molecule has 130 valence electrons. The summed E-state index contributed by atoms with van der Waals surface area (Å²) in [7, 11) is 0. The molecule has 0 fully saturated rings. The molecule has 0 atom stereocenters. The Morgan fingerprint density at radius 1 is 0.731 bits per heavy atom. The molecule has 2 heterocycles. The van der Waals surface area contributed by atoms with Crippen LogP contribution in [0.3, 0.4) is 0 Å². The molecule has 0 aliphatic heterocycles. The van der Waals surface area contributed by atoms with Gasteiger partial charge in [0.05, 0.1) is 5.69 Å². The molecule has 0 N–H and O–H groups in total. The first-order chi connectivity index (χ1) is 12.6. The molecule has 0 bridgehead atoms. The van der Waals surface area contributed by atoms with Gasteiger partial charge in [-0.25, -0.2) is 9.97 Å². The highest BCUT2D eigenvalue weighted by molar-refractivity contribution is 5.59. The van der Waals surface area contributed by atoms with E-state index in [1.165, 1.54) is 16.8 Å². The molecule has 0 spiro atoms. The molecule has 2 aromatic heterocycles. The van der Waals surface area contributed by atoms with Crippen molar-refractivity contribution < 1.29 is 0 Å². The van der Waals surface area contributed by atoms with Gasteiger partial charge in [0, 0.05) is 29.8 Å². The van der Waals surface area contributed by atoms with Gasteiger partial charge in [0.2, 0.25) is 0 Å². The molecule has 0 aliphatic carbocycles. The highest BCUT2D eigenvalue weighted by Crippen LogP contribution is 2.17. The summed E-state index contributed by atoms with van der Waals surface area (Å²) < 4.78 is 2.10. The molecular formula is C23H23N3. The SMILES string of the molecule is Cc1ccc(-n2cccc2)cc1.Cc1cccc(-c2ccnc(C)n2)c1. The summed E-state index contributed by atoms with van der Waals surface area (Å²) in [6, 6.07) is 22.8. The topological polar surface area (TPSA) is 30.7 Å². The van der Waals surface area contributed by atoms with Crippen LogP contribution in [0.15, 0.2) is 85.3 Å². The number of aromatic nitrogens is 3. The van der Waals surface area contributed by atoms with Crippen molar-refractivity contribution in [3.05, 3.63) is 102 Å². The zero-order chi connectivity index (χ0) is 18.4. The second kappa shape index (κ2) is 8.26. The molecule has 2 aromatic carbocycles. The van der Waals surface area contributed by atoms with Crippen LogP contribution in [0.2, 0.25) is 0 Å². The number of benzene rings is 2. The van der Waals surface area contributed by atoms with Gasteiger partial charge in [0.15, 0.2) is 0 Å². The fourth-order valence-corrected chi connectivity index (χ4v) is 2.64. The zero-order valence-electron chi connectivity index (χ0n) is 15.4. The van der Waals surface area contributed by atoms with Crippen LogP contribution < -0.4 is 0 Å². The lowest BCUT2D eigenvalue weighted by Crippen LogP contribution is -1.89. The standard InChI is InChI=1S/C12H12N2.C11H11N/c1-9-4-3-5-11(8-9)12-6-7-13-10(2)14-12;1-10-4-6-11(7-5-10)12-8-2-3-9-12/h3-8H,1-2H3;2-9H,1H3. The Hall–Kier alpha value is -3.20. The van der Waals surface area contributed by atoms with Gasteiger partial charge in [0.1, 0.15) is 5.82 Å². The third-order valence-electron chi connectivity index (χ3n) is 4.03. The van der Waals surface area contributed by atoms with E-state index in [0.717, 1.165) is 17.1 Å². The molecule has 4 aromatic rings. The minimum Gasteiger partial charge on any atom is -0.324 e. The molecule has 26 heavy (non-hydrogen) atoms. The lowest BCUT2D eigenvalue weighted by molar-refractivity contribution is 1.06. The van der Waals surface area contributed by atoms with Gasteiger partial charge < -0.3 is 4.57 Å². The van der Waals surface area contributed by atoms with Crippen molar-refractivity contribution in [3.63, 3.8) is 0 Å². The summed E-state index contributed by atoms with van der Waals surface area (Å²) in [6.45, 7) is 6.08. The number of hydrogen-bond acceptors (Lipinski definition) is 2. The fraction of sp³-hybridized carbons (Fsp3) is 0.130. The summed E-state index contributed by atoms with van der Waals surface area (Å²) in [5.41, 5.74) is 5.90. The zero-order valence-corrected chi connectivity index (χ0v) is 15.4. The second-order valence-electron chi connectivity index (χ2n) is 6.28. The van der Waals surface area contributed by atoms with Crippen LogP contribution in [0.4, 0.5) is 0 Å². The van der Waals surface area contributed by atoms with Crippen LogP contribution >= 0.6 is 0 Å². The van der Waals surface area contributed by atoms with Crippen molar-refractivity contribution in [1.82, 2.24) is 14.5 Å². The van der Waals surface area contributed by atoms with Gasteiger partial charge in [-0.2, -0.15) is 0 Å². The molecule has 0 saturated heterocycles. The van der Waals surface area contributed by atoms with Gasteiger partial charge in [-0.15, -0.1) is 0 Å². The maximum atomic E-state index is 4.37. The molecule has 0 aliphatic rings. The smallest absolute Gasteiger partial charge is 0.125 e. The van der Waals surface area contributed by atoms with Crippen molar-refractivity contribution in [3.8, 4) is 16.9 Å². The minimum absolute atomic E-state index is 0.809. The van der Waals surface area contributed by atoms with Crippen LogP contribution in [-0.2, 0) is 0 Å². The van der Waals surface area contributed by atoms with E-state index in [4.69, 9.17) is 0 Å². The summed E-state index contributed by atoms with van der Waals surface area (Å²) in [5, 5.41) is 0. The van der Waals surface area contributed by atoms with Gasteiger partial charge in [-0.1, -0.05) is 41.5 Å². The van der Waals surface area contributed by atoms with E-state index in [1.807, 2.05) is 43.6 Å². The number of hydrogen-bond donors (Lipinski definition) is 0. The van der Waals surface area contributed by atoms with Gasteiger partial charge in [0.25, 0.3) is 0 Å². The van der Waals surface area contributed by atoms with Gasteiger partial charge >= 0.3 is 0 Å². The van der Waals surface area contributed by atoms with Crippen LogP contribution in [0.25, 0.3) is 16.9 Å². The Morgan fingerprint density at radius 2 is 1.46 bits per heavy atom. The van der Waals surface area contributed by atoms with Crippen LogP contribution in [0, 0.1) is 20.8 Å². The van der Waals surface area contributed by atoms with Crippen molar-refractivity contribution in [2.75, 3.05) is 0 Å². The third-order valence-corrected chi connectivity index (χ3v) is 4.03. The molecule has 0 amide bonds. The van der Waals surface area contributed by atoms with Crippen molar-refractivity contribution in [2.45, 2.75) is 20.8 Å². The summed E-state index contributed by atoms with van der Waals surface area (Å²) in [5.74, 6) is 0.809. The average molecular weight is 341 g/mol. The third kappa shape index (κ3) is 4.67. The van der Waals surface area contributed by atoms with E-state index in [9.17, 15) is 0 Å². The maximum Gasteiger partial charge on any atom is 0.125 e. The van der Waals surface area contributed by atoms with E-state index in [2.05, 4.69) is 70.8 Å². The monoisotopic (exact) mass is 341 g/mol. The number of nitrogens with zero attached hydrogens (tertiary/aromatic N) is 3. The molecule has 3 heteroatoms. The quantitative estimate of drug-likeness (QED) is 0.479. The van der Waals surface area contributed by atoms with Crippen LogP contribution in [0.5, 0.6) is 0 Å². The number of aryl methyl sites for hydroxylation is 3. The lowest BCUT2D eigenvalue weighted by Gasteiger charge is -2.01. The predicted octanol–water partition coefficient (Wildman–Crippen LogP) is 5.55. The van der Waals surface area contributed by atoms with E-state index in [1.54, 1.807) is 6.20 Å². The van der Waals surface area contributed by atoms with Gasteiger partial charge in [-0.05, 0) is 57.2 Å². The summed E-state index contributed by atoms with van der Waals surface area (Å²) in [4.78, 5) is 8.45. The molecular weight excluding hydrogens is 318 g/mol. The van der Waals surface area contributed by atoms with Crippen molar-refractivity contribution in [1.29, 1.82) is 0 Å². The Morgan fingerprint density at radius 3 is 2.12 bits per heavy atom. The minimum atomic E-state index is 0.809. The first-order valence-corrected chi connectivity index (χ1v) is 8.68. The van der Waals surface area contributed by atoms with E-state index in [0.29, 0.717) is 0 Å². The van der Waals surface area contributed by atoms with E-state index >= 15 is 0 Å². The predicted molar refractivity (Wildman–Crippen MR) is 107 cm³/mol. The number of rotatable bonds is 2. The van der Waals surface area contributed by atoms with E-state index in [-0.39, 0.29) is 0 Å². The molecule has 0 unspecified atom stereocenters. The highest BCUT2D eigenvalue weighted by Gasteiger charge is 1.99. The molecule has 4 rings (SSSR count). The molecule has 0 radical (unpaired) electrons. The largest absolute Gasteiger partial charge is 0.324 e. The molecule has 3 nitrogen and oxygen atoms in total. The summed E-state index contributed by atoms with van der Waals surface area (Å²) in [6.07, 6.45) is 5.88. The first-order valence-electron chi connectivity index (χ1n) is 8.68. The Labute approximate surface area is 155 Å². The summed E-state index contributed by atoms with van der Waals surface area (Å²) >= 11 is 0. The normalized spacial score (nSPS) is 10.1.